The van der Waals surface area contributed by atoms with E-state index in [0.29, 0.717) is 18.7 Å². The van der Waals surface area contributed by atoms with Crippen molar-refractivity contribution in [3.63, 3.8) is 0 Å². The largest absolute Gasteiger partial charge is 0.466 e. The molecule has 1 aromatic rings. The van der Waals surface area contributed by atoms with Crippen LogP contribution in [-0.2, 0) is 20.9 Å². The van der Waals surface area contributed by atoms with Crippen LogP contribution in [0.25, 0.3) is 0 Å². The van der Waals surface area contributed by atoms with Gasteiger partial charge in [-0.1, -0.05) is 12.1 Å². The van der Waals surface area contributed by atoms with E-state index in [1.807, 2.05) is 0 Å². The molecule has 0 aliphatic carbocycles. The third-order valence-electron chi connectivity index (χ3n) is 2.79. The van der Waals surface area contributed by atoms with Gasteiger partial charge in [0.15, 0.2) is 0 Å². The Morgan fingerprint density at radius 1 is 1.36 bits per heavy atom. The van der Waals surface area contributed by atoms with Crippen LogP contribution in [0, 0.1) is 0 Å². The highest BCUT2D eigenvalue weighted by Gasteiger charge is 2.07. The summed E-state index contributed by atoms with van der Waals surface area (Å²) in [6, 6.07) is 6.83. The Kier molecular flexibility index (Phi) is 6.90. The van der Waals surface area contributed by atoms with E-state index in [9.17, 15) is 14.4 Å². The summed E-state index contributed by atoms with van der Waals surface area (Å²) in [5.74, 6) is -0.615. The molecule has 0 saturated heterocycles. The first-order valence-corrected chi connectivity index (χ1v) is 6.93. The van der Waals surface area contributed by atoms with E-state index in [-0.39, 0.29) is 24.8 Å². The lowest BCUT2D eigenvalue weighted by molar-refractivity contribution is -0.142. The van der Waals surface area contributed by atoms with Crippen molar-refractivity contribution >= 4 is 18.3 Å². The van der Waals surface area contributed by atoms with Crippen LogP contribution in [0.5, 0.6) is 0 Å². The number of hydrogen-bond donors (Lipinski definition) is 2. The monoisotopic (exact) mass is 308 g/mol. The molecule has 0 aliphatic rings. The molecular weight excluding hydrogens is 286 g/mol. The average molecular weight is 308 g/mol. The number of nitrogens with zero attached hydrogens (tertiary/aromatic N) is 1. The number of hydrogen-bond acceptors (Lipinski definition) is 5. The Bertz CT molecular complexity index is 548. The molecule has 0 unspecified atom stereocenters. The van der Waals surface area contributed by atoms with Crippen LogP contribution >= 0.6 is 0 Å². The first-order chi connectivity index (χ1) is 10.9. The lowest BCUT2D eigenvalue weighted by Crippen LogP contribution is -2.32. The number of amides is 2. The molecule has 0 saturated carbocycles. The van der Waals surface area contributed by atoms with Crippen LogP contribution < -0.4 is 10.7 Å². The van der Waals surface area contributed by atoms with Gasteiger partial charge in [-0.2, -0.15) is 0 Å². The number of benzene rings is 1. The summed E-state index contributed by atoms with van der Waals surface area (Å²) >= 11 is 0. The molecule has 0 bridgehead atoms. The Morgan fingerprint density at radius 3 is 2.64 bits per heavy atom. The topological polar surface area (TPSA) is 87.7 Å². The second-order valence-corrected chi connectivity index (χ2v) is 4.58. The van der Waals surface area contributed by atoms with Crippen LogP contribution in [-0.4, -0.2) is 43.5 Å². The van der Waals surface area contributed by atoms with E-state index in [0.717, 1.165) is 5.56 Å². The minimum atomic E-state index is -0.884. The van der Waals surface area contributed by atoms with E-state index in [1.165, 1.54) is 5.01 Å². The highest BCUT2D eigenvalue weighted by atomic mass is 16.5. The minimum absolute atomic E-state index is 0.134. The first kappa shape index (κ1) is 16.0. The molecule has 0 aliphatic heterocycles. The molecule has 1 aromatic carbocycles. The molecule has 7 heteroatoms. The number of carbonyl (C=O) groups excluding carboxylic acids is 3. The molecule has 2 amide bonds. The highest BCUT2D eigenvalue weighted by Crippen LogP contribution is 2.06. The lowest BCUT2D eigenvalue weighted by Gasteiger charge is -2.14. The van der Waals surface area contributed by atoms with Crippen LogP contribution in [0.15, 0.2) is 24.3 Å². The van der Waals surface area contributed by atoms with Crippen LogP contribution in [0.2, 0.25) is 0 Å². The Labute approximate surface area is 131 Å². The van der Waals surface area contributed by atoms with Gasteiger partial charge >= 0.3 is 5.97 Å². The van der Waals surface area contributed by atoms with E-state index in [4.69, 9.17) is 6.11 Å². The standard InChI is InChI=1S/C15H21N3O4/c1-3-22-14(20)8-9-16-15(21)13-6-4-12(5-7-13)10-18(2)17-11-19/h4-7,11H,3,8-10H2,1-2H3,(H,16,21)(H,17,19)/i11D. The van der Waals surface area contributed by atoms with Crippen molar-refractivity contribution in [1.29, 1.82) is 0 Å². The number of nitrogens with one attached hydrogen (secondary N) is 2. The molecule has 7 nitrogen and oxygen atoms in total. The normalized spacial score (nSPS) is 10.8. The summed E-state index contributed by atoms with van der Waals surface area (Å²) in [6.07, 6.45) is -0.750. The maximum atomic E-state index is 11.9. The summed E-state index contributed by atoms with van der Waals surface area (Å²) in [5.41, 5.74) is 3.67. The van der Waals surface area contributed by atoms with Crippen molar-refractivity contribution in [2.45, 2.75) is 19.9 Å². The van der Waals surface area contributed by atoms with Gasteiger partial charge in [-0.05, 0) is 24.6 Å². The van der Waals surface area contributed by atoms with Gasteiger partial charge in [-0.25, -0.2) is 5.01 Å². The van der Waals surface area contributed by atoms with Crippen molar-refractivity contribution in [2.24, 2.45) is 0 Å². The van der Waals surface area contributed by atoms with Crippen molar-refractivity contribution < 1.29 is 20.5 Å². The summed E-state index contributed by atoms with van der Waals surface area (Å²) < 4.78 is 11.6. The zero-order valence-corrected chi connectivity index (χ0v) is 12.7. The lowest BCUT2D eigenvalue weighted by atomic mass is 10.1. The molecule has 0 radical (unpaired) electrons. The van der Waals surface area contributed by atoms with Crippen molar-refractivity contribution in [2.75, 3.05) is 20.2 Å². The molecule has 22 heavy (non-hydrogen) atoms. The van der Waals surface area contributed by atoms with Gasteiger partial charge in [0, 0.05) is 25.7 Å². The highest BCUT2D eigenvalue weighted by molar-refractivity contribution is 5.94. The molecule has 0 aromatic heterocycles. The maximum absolute atomic E-state index is 11.9. The minimum Gasteiger partial charge on any atom is -0.466 e. The van der Waals surface area contributed by atoms with Crippen LogP contribution in [0.1, 0.15) is 30.6 Å². The number of esters is 1. The quantitative estimate of drug-likeness (QED) is 0.414. The predicted octanol–water partition coefficient (Wildman–Crippen LogP) is 0.462. The number of ether oxygens (including phenoxy) is 1. The van der Waals surface area contributed by atoms with Gasteiger partial charge < -0.3 is 10.1 Å². The molecule has 0 heterocycles. The summed E-state index contributed by atoms with van der Waals surface area (Å²) in [4.78, 5) is 33.7. The van der Waals surface area contributed by atoms with Gasteiger partial charge in [0.1, 0.15) is 1.37 Å². The Balaban J connectivity index is 2.44. The van der Waals surface area contributed by atoms with Gasteiger partial charge in [0.25, 0.3) is 5.91 Å². The van der Waals surface area contributed by atoms with E-state index >= 15 is 0 Å². The number of carbonyl (C=O) groups is 3. The van der Waals surface area contributed by atoms with Crippen LogP contribution in [0.3, 0.4) is 0 Å². The van der Waals surface area contributed by atoms with Gasteiger partial charge in [0.2, 0.25) is 6.39 Å². The Hall–Kier alpha value is -2.41. The molecule has 2 N–H and O–H groups in total. The molecule has 0 spiro atoms. The van der Waals surface area contributed by atoms with Gasteiger partial charge in [-0.15, -0.1) is 0 Å². The summed E-state index contributed by atoms with van der Waals surface area (Å²) in [7, 11) is 1.64. The molecule has 0 fully saturated rings. The maximum Gasteiger partial charge on any atom is 0.307 e. The second-order valence-electron chi connectivity index (χ2n) is 4.58. The fourth-order valence-corrected chi connectivity index (χ4v) is 1.77. The summed E-state index contributed by atoms with van der Waals surface area (Å²) in [5, 5.41) is 4.12. The van der Waals surface area contributed by atoms with Crippen molar-refractivity contribution in [1.82, 2.24) is 15.8 Å². The fourth-order valence-electron chi connectivity index (χ4n) is 1.77. The number of hydrazine groups is 1. The van der Waals surface area contributed by atoms with Crippen LogP contribution in [0.4, 0.5) is 0 Å². The second kappa shape index (κ2) is 9.51. The molecule has 1 rings (SSSR count). The molecule has 120 valence electrons. The fraction of sp³-hybridized carbons (Fsp3) is 0.400. The number of rotatable bonds is 8. The summed E-state index contributed by atoms with van der Waals surface area (Å²) in [6.45, 7) is 2.68. The zero-order chi connectivity index (χ0) is 17.2. The van der Waals surface area contributed by atoms with Crippen molar-refractivity contribution in [3.05, 3.63) is 35.4 Å². The predicted molar refractivity (Wildman–Crippen MR) is 80.7 cm³/mol. The third-order valence-corrected chi connectivity index (χ3v) is 2.79. The smallest absolute Gasteiger partial charge is 0.307 e. The zero-order valence-electron chi connectivity index (χ0n) is 13.7. The first-order valence-electron chi connectivity index (χ1n) is 7.43. The van der Waals surface area contributed by atoms with E-state index in [2.05, 4.69) is 10.7 Å². The molecular formula is C15H21N3O4. The SMILES string of the molecule is [2H]C(=O)NN(C)Cc1ccc(C(=O)NCCC(=O)OCC)cc1. The van der Waals surface area contributed by atoms with E-state index in [1.54, 1.807) is 38.2 Å². The van der Waals surface area contributed by atoms with Gasteiger partial charge in [-0.3, -0.25) is 19.8 Å². The Morgan fingerprint density at radius 2 is 2.05 bits per heavy atom. The van der Waals surface area contributed by atoms with Crippen molar-refractivity contribution in [3.8, 4) is 0 Å². The van der Waals surface area contributed by atoms with Gasteiger partial charge in [0.05, 0.1) is 13.0 Å². The third kappa shape index (κ3) is 6.36. The average Bonchev–Trinajstić information content (AvgIpc) is 2.47. The van der Waals surface area contributed by atoms with E-state index < -0.39 is 6.39 Å². The molecule has 0 atom stereocenters.